The number of sulfonamides is 1. The van der Waals surface area contributed by atoms with Crippen LogP contribution < -0.4 is 9.04 Å². The molecule has 0 radical (unpaired) electrons. The standard InChI is InChI=1S/C23H27NO5S2/c1-6-12-29-22-11-9-19(14-20(22)23(25)26)31(27,28)24(15-16(3)4)21-10-8-18(30-5)13-17(21)7-2/h1,8-11,13-14,16H,7,12,15H2,2-5H3,(H,25,26). The summed E-state index contributed by atoms with van der Waals surface area (Å²) in [6.07, 6.45) is 7.80. The summed E-state index contributed by atoms with van der Waals surface area (Å²) < 4.78 is 33.9. The van der Waals surface area contributed by atoms with E-state index in [9.17, 15) is 18.3 Å². The SMILES string of the molecule is C#CCOc1ccc(S(=O)(=O)N(CC(C)C)c2ccc(SC)cc2CC)cc1C(=O)O. The van der Waals surface area contributed by atoms with Gasteiger partial charge in [0.25, 0.3) is 10.0 Å². The normalized spacial score (nSPS) is 11.2. The lowest BCUT2D eigenvalue weighted by molar-refractivity contribution is 0.0692. The second kappa shape index (κ2) is 10.6. The Morgan fingerprint density at radius 3 is 2.52 bits per heavy atom. The summed E-state index contributed by atoms with van der Waals surface area (Å²) in [4.78, 5) is 12.6. The van der Waals surface area contributed by atoms with Gasteiger partial charge in [-0.15, -0.1) is 18.2 Å². The Kier molecular flexibility index (Phi) is 8.43. The lowest BCUT2D eigenvalue weighted by Crippen LogP contribution is -2.35. The zero-order valence-electron chi connectivity index (χ0n) is 18.1. The van der Waals surface area contributed by atoms with E-state index in [-0.39, 0.29) is 35.3 Å². The quantitative estimate of drug-likeness (QED) is 0.413. The molecular formula is C23H27NO5S2. The van der Waals surface area contributed by atoms with Crippen LogP contribution in [0.3, 0.4) is 0 Å². The number of anilines is 1. The molecule has 0 aromatic heterocycles. The van der Waals surface area contributed by atoms with E-state index in [4.69, 9.17) is 11.2 Å². The number of carbonyl (C=O) groups is 1. The highest BCUT2D eigenvalue weighted by Crippen LogP contribution is 2.33. The minimum Gasteiger partial charge on any atom is -0.480 e. The maximum atomic E-state index is 13.6. The number of hydrogen-bond donors (Lipinski definition) is 1. The van der Waals surface area contributed by atoms with Crippen LogP contribution in [0.4, 0.5) is 5.69 Å². The van der Waals surface area contributed by atoms with Crippen LogP contribution in [-0.2, 0) is 16.4 Å². The van der Waals surface area contributed by atoms with Crippen LogP contribution in [0.15, 0.2) is 46.2 Å². The molecule has 1 N–H and O–H groups in total. The Morgan fingerprint density at radius 1 is 1.26 bits per heavy atom. The molecule has 0 spiro atoms. The van der Waals surface area contributed by atoms with Crippen LogP contribution >= 0.6 is 11.8 Å². The molecule has 0 unspecified atom stereocenters. The third-order valence-corrected chi connectivity index (χ3v) is 7.05. The Bertz CT molecular complexity index is 1090. The second-order valence-corrected chi connectivity index (χ2v) is 9.98. The van der Waals surface area contributed by atoms with Gasteiger partial charge in [-0.05, 0) is 60.6 Å². The van der Waals surface area contributed by atoms with Gasteiger partial charge in [-0.3, -0.25) is 4.31 Å². The van der Waals surface area contributed by atoms with Gasteiger partial charge in [-0.1, -0.05) is 26.7 Å². The number of ether oxygens (including phenoxy) is 1. The molecule has 0 atom stereocenters. The molecule has 0 saturated carbocycles. The average molecular weight is 462 g/mol. The number of aryl methyl sites for hydroxylation is 1. The van der Waals surface area contributed by atoms with Gasteiger partial charge in [0.1, 0.15) is 17.9 Å². The number of nitrogens with zero attached hydrogens (tertiary/aromatic N) is 1. The summed E-state index contributed by atoms with van der Waals surface area (Å²) in [6, 6.07) is 9.50. The minimum atomic E-state index is -4.03. The molecule has 0 heterocycles. The van der Waals surface area contributed by atoms with Crippen LogP contribution in [0.5, 0.6) is 5.75 Å². The first-order valence-electron chi connectivity index (χ1n) is 9.78. The summed E-state index contributed by atoms with van der Waals surface area (Å²) >= 11 is 1.59. The van der Waals surface area contributed by atoms with Crippen molar-refractivity contribution in [3.63, 3.8) is 0 Å². The number of carboxylic acid groups (broad SMARTS) is 1. The van der Waals surface area contributed by atoms with Crippen molar-refractivity contribution < 1.29 is 23.1 Å². The van der Waals surface area contributed by atoms with Crippen LogP contribution in [0, 0.1) is 18.3 Å². The number of terminal acetylenes is 1. The lowest BCUT2D eigenvalue weighted by atomic mass is 10.1. The van der Waals surface area contributed by atoms with Gasteiger partial charge < -0.3 is 9.84 Å². The third-order valence-electron chi connectivity index (χ3n) is 4.55. The van der Waals surface area contributed by atoms with Gasteiger partial charge >= 0.3 is 5.97 Å². The van der Waals surface area contributed by atoms with Gasteiger partial charge in [0, 0.05) is 11.4 Å². The molecular weight excluding hydrogens is 434 g/mol. The van der Waals surface area contributed by atoms with Gasteiger partial charge in [-0.2, -0.15) is 0 Å². The van der Waals surface area contributed by atoms with E-state index >= 15 is 0 Å². The fourth-order valence-electron chi connectivity index (χ4n) is 3.08. The number of benzene rings is 2. The molecule has 2 aromatic carbocycles. The molecule has 0 aliphatic carbocycles. The van der Waals surface area contributed by atoms with Crippen molar-refractivity contribution in [2.45, 2.75) is 37.0 Å². The van der Waals surface area contributed by atoms with E-state index in [0.29, 0.717) is 12.1 Å². The summed E-state index contributed by atoms with van der Waals surface area (Å²) in [6.45, 7) is 5.98. The Morgan fingerprint density at radius 2 is 1.97 bits per heavy atom. The lowest BCUT2D eigenvalue weighted by Gasteiger charge is -2.28. The second-order valence-electron chi connectivity index (χ2n) is 7.23. The highest BCUT2D eigenvalue weighted by molar-refractivity contribution is 7.98. The van der Waals surface area contributed by atoms with E-state index in [2.05, 4.69) is 5.92 Å². The monoisotopic (exact) mass is 461 g/mol. The van der Waals surface area contributed by atoms with Crippen molar-refractivity contribution in [3.8, 4) is 18.1 Å². The zero-order chi connectivity index (χ0) is 23.2. The zero-order valence-corrected chi connectivity index (χ0v) is 19.7. The molecule has 0 saturated heterocycles. The highest BCUT2D eigenvalue weighted by atomic mass is 32.2. The molecule has 0 fully saturated rings. The summed E-state index contributed by atoms with van der Waals surface area (Å²) in [5.41, 5.74) is 1.25. The molecule has 0 amide bonds. The predicted octanol–water partition coefficient (Wildman–Crippen LogP) is 4.53. The fourth-order valence-corrected chi connectivity index (χ4v) is 5.24. The van der Waals surface area contributed by atoms with E-state index in [0.717, 1.165) is 16.5 Å². The van der Waals surface area contributed by atoms with Gasteiger partial charge in [0.15, 0.2) is 0 Å². The van der Waals surface area contributed by atoms with Crippen LogP contribution in [0.1, 0.15) is 36.7 Å². The predicted molar refractivity (Wildman–Crippen MR) is 125 cm³/mol. The van der Waals surface area contributed by atoms with Gasteiger partial charge in [0.2, 0.25) is 0 Å². The smallest absolute Gasteiger partial charge is 0.339 e. The van der Waals surface area contributed by atoms with E-state index < -0.39 is 16.0 Å². The maximum absolute atomic E-state index is 13.6. The number of hydrogen-bond acceptors (Lipinski definition) is 5. The van der Waals surface area contributed by atoms with Crippen molar-refractivity contribution in [1.29, 1.82) is 0 Å². The molecule has 0 aliphatic heterocycles. The molecule has 0 bridgehead atoms. The Hall–Kier alpha value is -2.63. The molecule has 8 heteroatoms. The van der Waals surface area contributed by atoms with Crippen molar-refractivity contribution >= 4 is 33.4 Å². The van der Waals surface area contributed by atoms with Crippen molar-refractivity contribution in [3.05, 3.63) is 47.5 Å². The van der Waals surface area contributed by atoms with Crippen LogP contribution in [0.2, 0.25) is 0 Å². The van der Waals surface area contributed by atoms with Gasteiger partial charge in [0.05, 0.1) is 10.6 Å². The number of thioether (sulfide) groups is 1. The topological polar surface area (TPSA) is 83.9 Å². The van der Waals surface area contributed by atoms with E-state index in [1.807, 2.05) is 45.2 Å². The molecule has 166 valence electrons. The van der Waals surface area contributed by atoms with E-state index in [1.165, 1.54) is 16.4 Å². The molecule has 0 aliphatic rings. The number of carboxylic acids is 1. The third kappa shape index (κ3) is 5.75. The number of rotatable bonds is 10. The number of aromatic carboxylic acids is 1. The van der Waals surface area contributed by atoms with E-state index in [1.54, 1.807) is 11.8 Å². The minimum absolute atomic E-state index is 0.0263. The Labute approximate surface area is 188 Å². The first-order valence-corrected chi connectivity index (χ1v) is 12.4. The van der Waals surface area contributed by atoms with Crippen molar-refractivity contribution in [2.24, 2.45) is 5.92 Å². The molecule has 31 heavy (non-hydrogen) atoms. The van der Waals surface area contributed by atoms with Crippen LogP contribution in [0.25, 0.3) is 0 Å². The summed E-state index contributed by atoms with van der Waals surface area (Å²) in [5.74, 6) is 1.05. The summed E-state index contributed by atoms with van der Waals surface area (Å²) in [7, 11) is -4.03. The average Bonchev–Trinajstić information content (AvgIpc) is 2.75. The first kappa shape index (κ1) is 24.6. The van der Waals surface area contributed by atoms with Gasteiger partial charge in [-0.25, -0.2) is 13.2 Å². The van der Waals surface area contributed by atoms with Crippen molar-refractivity contribution in [1.82, 2.24) is 0 Å². The molecule has 2 aromatic rings. The van der Waals surface area contributed by atoms with Crippen LogP contribution in [-0.4, -0.2) is 38.9 Å². The highest BCUT2D eigenvalue weighted by Gasteiger charge is 2.29. The maximum Gasteiger partial charge on any atom is 0.339 e. The fraction of sp³-hybridized carbons (Fsp3) is 0.348. The van der Waals surface area contributed by atoms with Crippen molar-refractivity contribution in [2.75, 3.05) is 23.7 Å². The largest absolute Gasteiger partial charge is 0.480 e. The molecule has 6 nitrogen and oxygen atoms in total. The Balaban J connectivity index is 2.64. The molecule has 2 rings (SSSR count). The summed E-state index contributed by atoms with van der Waals surface area (Å²) in [5, 5.41) is 9.55. The first-order chi connectivity index (χ1) is 14.6.